The van der Waals surface area contributed by atoms with Crippen LogP contribution in [0, 0.1) is 6.92 Å². The van der Waals surface area contributed by atoms with E-state index >= 15 is 0 Å². The molecule has 1 aromatic heterocycles. The minimum Gasteiger partial charge on any atom is -0.268 e. The molecule has 1 aromatic carbocycles. The van der Waals surface area contributed by atoms with E-state index in [0.29, 0.717) is 5.92 Å². The van der Waals surface area contributed by atoms with E-state index < -0.39 is 0 Å². The van der Waals surface area contributed by atoms with Gasteiger partial charge in [0.15, 0.2) is 0 Å². The van der Waals surface area contributed by atoms with E-state index in [0.717, 1.165) is 0 Å². The highest BCUT2D eigenvalue weighted by atomic mass is 15.2. The minimum absolute atomic E-state index is 0.549. The molecule has 0 N–H and O–H groups in total. The standard InChI is InChI=1S/C12H16N2/c1-8(2)11-6-9(3)5-10-7-13-14(4)12(10)11/h5-8H,1-4H3. The van der Waals surface area contributed by atoms with Crippen LogP contribution >= 0.6 is 0 Å². The molecular weight excluding hydrogens is 172 g/mol. The van der Waals surface area contributed by atoms with Gasteiger partial charge in [0.05, 0.1) is 11.7 Å². The van der Waals surface area contributed by atoms with Crippen molar-refractivity contribution < 1.29 is 0 Å². The van der Waals surface area contributed by atoms with Crippen LogP contribution in [0.3, 0.4) is 0 Å². The van der Waals surface area contributed by atoms with Crippen molar-refractivity contribution >= 4 is 10.9 Å². The van der Waals surface area contributed by atoms with Gasteiger partial charge >= 0.3 is 0 Å². The molecule has 0 aliphatic carbocycles. The number of benzene rings is 1. The van der Waals surface area contributed by atoms with Gasteiger partial charge in [0.1, 0.15) is 0 Å². The van der Waals surface area contributed by atoms with Gasteiger partial charge in [-0.1, -0.05) is 25.5 Å². The van der Waals surface area contributed by atoms with Gasteiger partial charge in [-0.05, 0) is 24.5 Å². The smallest absolute Gasteiger partial charge is 0.0713 e. The average Bonchev–Trinajstić information content (AvgIpc) is 2.46. The maximum Gasteiger partial charge on any atom is 0.0713 e. The fourth-order valence-electron chi connectivity index (χ4n) is 1.95. The van der Waals surface area contributed by atoms with E-state index in [1.54, 1.807) is 0 Å². The zero-order valence-corrected chi connectivity index (χ0v) is 9.20. The van der Waals surface area contributed by atoms with Gasteiger partial charge in [-0.2, -0.15) is 5.10 Å². The number of hydrogen-bond donors (Lipinski definition) is 0. The third-order valence-electron chi connectivity index (χ3n) is 2.63. The molecule has 0 bridgehead atoms. The third kappa shape index (κ3) is 1.31. The van der Waals surface area contributed by atoms with Crippen LogP contribution in [0.4, 0.5) is 0 Å². The topological polar surface area (TPSA) is 17.8 Å². The molecule has 0 aliphatic rings. The molecule has 2 nitrogen and oxygen atoms in total. The normalized spacial score (nSPS) is 11.5. The highest BCUT2D eigenvalue weighted by molar-refractivity contribution is 5.83. The number of nitrogens with zero attached hydrogens (tertiary/aromatic N) is 2. The van der Waals surface area contributed by atoms with Gasteiger partial charge in [-0.3, -0.25) is 4.68 Å². The molecule has 0 unspecified atom stereocenters. The van der Waals surface area contributed by atoms with Crippen molar-refractivity contribution in [3.63, 3.8) is 0 Å². The summed E-state index contributed by atoms with van der Waals surface area (Å²) >= 11 is 0. The Morgan fingerprint density at radius 1 is 1.29 bits per heavy atom. The highest BCUT2D eigenvalue weighted by Gasteiger charge is 2.09. The molecule has 0 saturated heterocycles. The van der Waals surface area contributed by atoms with Crippen LogP contribution in [0.2, 0.25) is 0 Å². The largest absolute Gasteiger partial charge is 0.268 e. The highest BCUT2D eigenvalue weighted by Crippen LogP contribution is 2.26. The first kappa shape index (κ1) is 9.25. The van der Waals surface area contributed by atoms with Crippen molar-refractivity contribution in [1.82, 2.24) is 9.78 Å². The average molecular weight is 188 g/mol. The Labute approximate surface area is 84.5 Å². The van der Waals surface area contributed by atoms with Gasteiger partial charge in [0, 0.05) is 12.4 Å². The summed E-state index contributed by atoms with van der Waals surface area (Å²) in [7, 11) is 2.00. The Morgan fingerprint density at radius 2 is 2.00 bits per heavy atom. The predicted octanol–water partition coefficient (Wildman–Crippen LogP) is 3.01. The van der Waals surface area contributed by atoms with Crippen LogP contribution in [-0.4, -0.2) is 9.78 Å². The van der Waals surface area contributed by atoms with E-state index in [4.69, 9.17) is 0 Å². The molecule has 14 heavy (non-hydrogen) atoms. The maximum absolute atomic E-state index is 4.30. The van der Waals surface area contributed by atoms with E-state index in [2.05, 4.69) is 38.0 Å². The lowest BCUT2D eigenvalue weighted by Crippen LogP contribution is -1.96. The summed E-state index contributed by atoms with van der Waals surface area (Å²) in [6, 6.07) is 4.45. The summed E-state index contributed by atoms with van der Waals surface area (Å²) < 4.78 is 1.96. The van der Waals surface area contributed by atoms with Crippen molar-refractivity contribution in [3.05, 3.63) is 29.5 Å². The molecule has 0 radical (unpaired) electrons. The molecule has 2 aromatic rings. The Morgan fingerprint density at radius 3 is 2.64 bits per heavy atom. The summed E-state index contributed by atoms with van der Waals surface area (Å²) in [6.07, 6.45) is 1.94. The molecule has 1 heterocycles. The van der Waals surface area contributed by atoms with Crippen LogP contribution in [0.5, 0.6) is 0 Å². The fraction of sp³-hybridized carbons (Fsp3) is 0.417. The second-order valence-corrected chi connectivity index (χ2v) is 4.21. The summed E-state index contributed by atoms with van der Waals surface area (Å²) in [5.41, 5.74) is 3.97. The van der Waals surface area contributed by atoms with E-state index in [1.807, 2.05) is 17.9 Å². The molecule has 0 fully saturated rings. The third-order valence-corrected chi connectivity index (χ3v) is 2.63. The lowest BCUT2D eigenvalue weighted by molar-refractivity contribution is 0.779. The van der Waals surface area contributed by atoms with Gasteiger partial charge < -0.3 is 0 Å². The Balaban J connectivity index is 2.83. The van der Waals surface area contributed by atoms with E-state index in [9.17, 15) is 0 Å². The number of fused-ring (bicyclic) bond motifs is 1. The van der Waals surface area contributed by atoms with Crippen molar-refractivity contribution in [2.24, 2.45) is 7.05 Å². The van der Waals surface area contributed by atoms with Crippen molar-refractivity contribution in [3.8, 4) is 0 Å². The first-order chi connectivity index (χ1) is 6.59. The Bertz CT molecular complexity index is 466. The van der Waals surface area contributed by atoms with Crippen molar-refractivity contribution in [2.75, 3.05) is 0 Å². The maximum atomic E-state index is 4.30. The van der Waals surface area contributed by atoms with Gasteiger partial charge in [0.2, 0.25) is 0 Å². The molecule has 74 valence electrons. The Hall–Kier alpha value is -1.31. The van der Waals surface area contributed by atoms with Crippen LogP contribution in [0.1, 0.15) is 30.9 Å². The first-order valence-corrected chi connectivity index (χ1v) is 5.02. The van der Waals surface area contributed by atoms with Crippen molar-refractivity contribution in [2.45, 2.75) is 26.7 Å². The lowest BCUT2D eigenvalue weighted by atomic mass is 9.98. The molecular formula is C12H16N2. The number of aryl methyl sites for hydroxylation is 2. The monoisotopic (exact) mass is 188 g/mol. The SMILES string of the molecule is Cc1cc(C(C)C)c2c(cnn2C)c1. The van der Waals surface area contributed by atoms with E-state index in [-0.39, 0.29) is 0 Å². The van der Waals surface area contributed by atoms with Crippen LogP contribution in [0.25, 0.3) is 10.9 Å². The van der Waals surface area contributed by atoms with Gasteiger partial charge in [-0.15, -0.1) is 0 Å². The number of hydrogen-bond acceptors (Lipinski definition) is 1. The van der Waals surface area contributed by atoms with Crippen LogP contribution < -0.4 is 0 Å². The summed E-state index contributed by atoms with van der Waals surface area (Å²) in [5, 5.41) is 5.54. The molecule has 0 aliphatic heterocycles. The van der Waals surface area contributed by atoms with E-state index in [1.165, 1.54) is 22.0 Å². The molecule has 0 amide bonds. The first-order valence-electron chi connectivity index (χ1n) is 5.02. The molecule has 0 atom stereocenters. The zero-order valence-electron chi connectivity index (χ0n) is 9.20. The summed E-state index contributed by atoms with van der Waals surface area (Å²) in [6.45, 7) is 6.58. The molecule has 0 saturated carbocycles. The predicted molar refractivity (Wildman–Crippen MR) is 59.5 cm³/mol. The fourth-order valence-corrected chi connectivity index (χ4v) is 1.95. The van der Waals surface area contributed by atoms with Crippen molar-refractivity contribution in [1.29, 1.82) is 0 Å². The summed E-state index contributed by atoms with van der Waals surface area (Å²) in [4.78, 5) is 0. The lowest BCUT2D eigenvalue weighted by Gasteiger charge is -2.09. The van der Waals surface area contributed by atoms with Gasteiger partial charge in [0.25, 0.3) is 0 Å². The number of rotatable bonds is 1. The quantitative estimate of drug-likeness (QED) is 0.672. The van der Waals surface area contributed by atoms with Gasteiger partial charge in [-0.25, -0.2) is 0 Å². The number of aromatic nitrogens is 2. The molecule has 0 spiro atoms. The van der Waals surface area contributed by atoms with Crippen LogP contribution in [0.15, 0.2) is 18.3 Å². The zero-order chi connectivity index (χ0) is 10.3. The minimum atomic E-state index is 0.549. The van der Waals surface area contributed by atoms with Crippen LogP contribution in [-0.2, 0) is 7.05 Å². The molecule has 2 heteroatoms. The second kappa shape index (κ2) is 3.12. The molecule has 2 rings (SSSR count). The Kier molecular flexibility index (Phi) is 2.06. The second-order valence-electron chi connectivity index (χ2n) is 4.21. The summed E-state index contributed by atoms with van der Waals surface area (Å²) in [5.74, 6) is 0.549.